The highest BCUT2D eigenvalue weighted by molar-refractivity contribution is 7.14. The van der Waals surface area contributed by atoms with Gasteiger partial charge in [0, 0.05) is 16.9 Å². The van der Waals surface area contributed by atoms with Crippen LogP contribution in [-0.4, -0.2) is 16.0 Å². The topological polar surface area (TPSA) is 62.2 Å². The molecule has 1 atom stereocenters. The van der Waals surface area contributed by atoms with Crippen LogP contribution in [0.5, 0.6) is 5.75 Å². The molecule has 1 heterocycles. The number of aromatic hydroxyl groups is 1. The number of hydrogen-bond donors (Lipinski definition) is 2. The van der Waals surface area contributed by atoms with Gasteiger partial charge in [0.1, 0.15) is 5.75 Å². The summed E-state index contributed by atoms with van der Waals surface area (Å²) in [6.45, 7) is 3.86. The Bertz CT molecular complexity index is 1490. The Labute approximate surface area is 208 Å². The van der Waals surface area contributed by atoms with Crippen molar-refractivity contribution in [1.82, 2.24) is 4.98 Å². The van der Waals surface area contributed by atoms with Crippen LogP contribution in [0, 0.1) is 5.41 Å². The quantitative estimate of drug-likeness (QED) is 0.266. The normalized spacial score (nSPS) is 12.4. The first-order valence-electron chi connectivity index (χ1n) is 11.5. The Morgan fingerprint density at radius 2 is 1.57 bits per heavy atom. The highest BCUT2D eigenvalue weighted by atomic mass is 32.1. The lowest BCUT2D eigenvalue weighted by Crippen LogP contribution is -2.37. The summed E-state index contributed by atoms with van der Waals surface area (Å²) in [7, 11) is 0. The molecule has 4 aromatic carbocycles. The molecule has 0 bridgehead atoms. The van der Waals surface area contributed by atoms with Crippen molar-refractivity contribution in [2.75, 3.05) is 5.32 Å². The first-order valence-corrected chi connectivity index (χ1v) is 12.4. The van der Waals surface area contributed by atoms with E-state index in [4.69, 9.17) is 4.98 Å². The highest BCUT2D eigenvalue weighted by Crippen LogP contribution is 2.42. The molecule has 1 aromatic heterocycles. The molecule has 0 aliphatic rings. The molecule has 5 heteroatoms. The maximum absolute atomic E-state index is 13.6. The second-order valence-corrected chi connectivity index (χ2v) is 10.1. The van der Waals surface area contributed by atoms with Gasteiger partial charge in [0.15, 0.2) is 5.13 Å². The van der Waals surface area contributed by atoms with Gasteiger partial charge in [-0.1, -0.05) is 92.7 Å². The molecule has 35 heavy (non-hydrogen) atoms. The van der Waals surface area contributed by atoms with Gasteiger partial charge in [0.2, 0.25) is 5.91 Å². The monoisotopic (exact) mass is 478 g/mol. The van der Waals surface area contributed by atoms with Gasteiger partial charge in [0.25, 0.3) is 0 Å². The predicted molar refractivity (Wildman–Crippen MR) is 144 cm³/mol. The largest absolute Gasteiger partial charge is 0.508 e. The van der Waals surface area contributed by atoms with Crippen molar-refractivity contribution in [3.05, 3.63) is 114 Å². The van der Waals surface area contributed by atoms with E-state index >= 15 is 0 Å². The average Bonchev–Trinajstić information content (AvgIpc) is 3.33. The van der Waals surface area contributed by atoms with Crippen LogP contribution in [0.3, 0.4) is 0 Å². The fourth-order valence-corrected chi connectivity index (χ4v) is 5.29. The van der Waals surface area contributed by atoms with Gasteiger partial charge in [-0.2, -0.15) is 0 Å². The number of phenols is 1. The molecule has 4 nitrogen and oxygen atoms in total. The third-order valence-corrected chi connectivity index (χ3v) is 7.17. The number of amides is 1. The number of rotatable bonds is 6. The number of carbonyl (C=O) groups excluding carboxylic acids is 1. The lowest BCUT2D eigenvalue weighted by molar-refractivity contribution is -0.124. The van der Waals surface area contributed by atoms with E-state index in [0.29, 0.717) is 5.13 Å². The molecule has 5 aromatic rings. The molecule has 1 unspecified atom stereocenters. The Hall–Kier alpha value is -3.96. The van der Waals surface area contributed by atoms with E-state index in [1.54, 1.807) is 12.1 Å². The molecule has 0 aliphatic carbocycles. The van der Waals surface area contributed by atoms with E-state index < -0.39 is 5.41 Å². The summed E-state index contributed by atoms with van der Waals surface area (Å²) in [5.74, 6) is -0.204. The fourth-order valence-electron chi connectivity index (χ4n) is 4.58. The van der Waals surface area contributed by atoms with Gasteiger partial charge in [-0.25, -0.2) is 4.98 Å². The van der Waals surface area contributed by atoms with Crippen LogP contribution in [0.2, 0.25) is 0 Å². The number of phenolic OH excluding ortho intramolecular Hbond substituents is 1. The van der Waals surface area contributed by atoms with Crippen LogP contribution >= 0.6 is 11.3 Å². The van der Waals surface area contributed by atoms with Gasteiger partial charge in [0.05, 0.1) is 11.1 Å². The van der Waals surface area contributed by atoms with Crippen molar-refractivity contribution >= 4 is 33.1 Å². The van der Waals surface area contributed by atoms with Crippen LogP contribution in [-0.2, 0) is 4.79 Å². The van der Waals surface area contributed by atoms with E-state index in [-0.39, 0.29) is 17.6 Å². The molecule has 5 rings (SSSR count). The lowest BCUT2D eigenvalue weighted by atomic mass is 9.70. The van der Waals surface area contributed by atoms with Crippen molar-refractivity contribution in [1.29, 1.82) is 0 Å². The smallest absolute Gasteiger partial charge is 0.232 e. The Morgan fingerprint density at radius 3 is 2.34 bits per heavy atom. The number of carbonyl (C=O) groups is 1. The summed E-state index contributed by atoms with van der Waals surface area (Å²) in [6.07, 6.45) is 0. The van der Waals surface area contributed by atoms with Crippen LogP contribution < -0.4 is 5.32 Å². The third-order valence-electron chi connectivity index (χ3n) is 6.41. The van der Waals surface area contributed by atoms with Crippen molar-refractivity contribution in [2.24, 2.45) is 5.41 Å². The van der Waals surface area contributed by atoms with E-state index in [1.807, 2.05) is 73.8 Å². The van der Waals surface area contributed by atoms with Gasteiger partial charge in [-0.15, -0.1) is 11.3 Å². The van der Waals surface area contributed by atoms with Crippen molar-refractivity contribution < 1.29 is 9.90 Å². The summed E-state index contributed by atoms with van der Waals surface area (Å²) in [6, 6.07) is 31.6. The summed E-state index contributed by atoms with van der Waals surface area (Å²) in [5, 5.41) is 18.0. The summed E-state index contributed by atoms with van der Waals surface area (Å²) in [5.41, 5.74) is 2.92. The van der Waals surface area contributed by atoms with Crippen molar-refractivity contribution in [2.45, 2.75) is 19.8 Å². The highest BCUT2D eigenvalue weighted by Gasteiger charge is 2.39. The zero-order chi connectivity index (χ0) is 24.4. The van der Waals surface area contributed by atoms with Crippen LogP contribution in [0.15, 0.2) is 102 Å². The number of thiazole rings is 1. The Kier molecular flexibility index (Phi) is 6.10. The number of fused-ring (bicyclic) bond motifs is 1. The van der Waals surface area contributed by atoms with E-state index in [1.165, 1.54) is 16.7 Å². The maximum Gasteiger partial charge on any atom is 0.232 e. The molecule has 1 amide bonds. The molecular formula is C30H26N2O2S. The van der Waals surface area contributed by atoms with Gasteiger partial charge >= 0.3 is 0 Å². The number of anilines is 1. The number of aromatic nitrogens is 1. The van der Waals surface area contributed by atoms with E-state index in [2.05, 4.69) is 35.6 Å². The number of nitrogens with one attached hydrogen (secondary N) is 1. The van der Waals surface area contributed by atoms with Crippen LogP contribution in [0.25, 0.3) is 22.0 Å². The third kappa shape index (κ3) is 4.68. The minimum Gasteiger partial charge on any atom is -0.508 e. The number of nitrogens with zero attached hydrogens (tertiary/aromatic N) is 1. The summed E-state index contributed by atoms with van der Waals surface area (Å²) in [4.78, 5) is 18.3. The molecule has 0 radical (unpaired) electrons. The van der Waals surface area contributed by atoms with Crippen molar-refractivity contribution in [3.63, 3.8) is 0 Å². The predicted octanol–water partition coefficient (Wildman–Crippen LogP) is 7.47. The fraction of sp³-hybridized carbons (Fsp3) is 0.133. The molecule has 0 saturated carbocycles. The first-order chi connectivity index (χ1) is 16.9. The Morgan fingerprint density at radius 1 is 0.857 bits per heavy atom. The molecular weight excluding hydrogens is 452 g/mol. The number of hydrogen-bond acceptors (Lipinski definition) is 4. The molecule has 0 aliphatic heterocycles. The van der Waals surface area contributed by atoms with Gasteiger partial charge < -0.3 is 10.4 Å². The first kappa shape index (κ1) is 22.8. The zero-order valence-corrected chi connectivity index (χ0v) is 20.4. The summed E-state index contributed by atoms with van der Waals surface area (Å²) < 4.78 is 0. The van der Waals surface area contributed by atoms with E-state index in [9.17, 15) is 9.90 Å². The van der Waals surface area contributed by atoms with Crippen molar-refractivity contribution in [3.8, 4) is 17.0 Å². The van der Waals surface area contributed by atoms with Gasteiger partial charge in [-0.3, -0.25) is 4.79 Å². The molecule has 0 saturated heterocycles. The zero-order valence-electron chi connectivity index (χ0n) is 19.6. The Balaban J connectivity index is 1.43. The minimum absolute atomic E-state index is 0.130. The molecule has 0 spiro atoms. The second kappa shape index (κ2) is 9.35. The minimum atomic E-state index is -0.816. The second-order valence-electron chi connectivity index (χ2n) is 9.21. The number of benzene rings is 4. The SMILES string of the molecule is CC(C)(C(=O)Nc1nc(-c2ccc3ccccc3c2)cs1)C(c1ccccc1)c1cccc(O)c1. The van der Waals surface area contributed by atoms with Gasteiger partial charge in [-0.05, 0) is 40.1 Å². The maximum atomic E-state index is 13.6. The van der Waals surface area contributed by atoms with Crippen LogP contribution in [0.4, 0.5) is 5.13 Å². The van der Waals surface area contributed by atoms with Crippen LogP contribution in [0.1, 0.15) is 30.9 Å². The molecule has 2 N–H and O–H groups in total. The lowest BCUT2D eigenvalue weighted by Gasteiger charge is -2.33. The molecule has 174 valence electrons. The molecule has 0 fully saturated rings. The summed E-state index contributed by atoms with van der Waals surface area (Å²) >= 11 is 1.42. The standard InChI is InChI=1S/C30H26N2O2S/c1-30(2,27(21-10-4-3-5-11-21)24-13-8-14-25(33)18-24)28(34)32-29-31-26(19-35-29)23-16-15-20-9-6-7-12-22(20)17-23/h3-19,27,33H,1-2H3,(H,31,32,34). The van der Waals surface area contributed by atoms with E-state index in [0.717, 1.165) is 27.8 Å². The average molecular weight is 479 g/mol.